The highest BCUT2D eigenvalue weighted by Crippen LogP contribution is 2.27. The molecule has 1 aromatic heterocycles. The van der Waals surface area contributed by atoms with Gasteiger partial charge in [-0.3, -0.25) is 0 Å². The molecule has 0 saturated carbocycles. The molecule has 2 rings (SSSR count). The largest absolute Gasteiger partial charge is 0.462 e. The van der Waals surface area contributed by atoms with E-state index in [1.165, 1.54) is 0 Å². The Balaban J connectivity index is 2.45. The number of aromatic nitrogens is 1. The second-order valence-electron chi connectivity index (χ2n) is 3.70. The fraction of sp³-hybridized carbons (Fsp3) is 0.231. The van der Waals surface area contributed by atoms with Crippen LogP contribution in [-0.4, -0.2) is 17.7 Å². The molecule has 18 heavy (non-hydrogen) atoms. The predicted molar refractivity (Wildman–Crippen MR) is 70.3 cm³/mol. The summed E-state index contributed by atoms with van der Waals surface area (Å²) in [4.78, 5) is 11.9. The van der Waals surface area contributed by atoms with Gasteiger partial charge in [0.2, 0.25) is 0 Å². The Kier molecular flexibility index (Phi) is 3.81. The maximum Gasteiger partial charge on any atom is 0.344 e. The summed E-state index contributed by atoms with van der Waals surface area (Å²) >= 11 is 3.36. The summed E-state index contributed by atoms with van der Waals surface area (Å²) in [7, 11) is 0. The summed E-state index contributed by atoms with van der Waals surface area (Å²) in [5.74, 6) is 0.0348. The molecule has 0 spiro atoms. The van der Waals surface area contributed by atoms with E-state index < -0.39 is 5.97 Å². The Morgan fingerprint density at radius 2 is 2.06 bits per heavy atom. The zero-order valence-corrected chi connectivity index (χ0v) is 11.7. The van der Waals surface area contributed by atoms with E-state index in [2.05, 4.69) is 21.1 Å². The highest BCUT2D eigenvalue weighted by Gasteiger charge is 2.22. The van der Waals surface area contributed by atoms with Gasteiger partial charge in [0.1, 0.15) is 5.56 Å². The van der Waals surface area contributed by atoms with Gasteiger partial charge < -0.3 is 9.26 Å². The van der Waals surface area contributed by atoms with Crippen LogP contribution in [0.3, 0.4) is 0 Å². The third-order valence-corrected chi connectivity index (χ3v) is 2.98. The molecule has 5 heteroatoms. The van der Waals surface area contributed by atoms with Gasteiger partial charge in [-0.25, -0.2) is 4.79 Å². The molecule has 1 heterocycles. The molecule has 4 nitrogen and oxygen atoms in total. The third kappa shape index (κ3) is 2.46. The molecule has 0 N–H and O–H groups in total. The molecular weight excluding hydrogens is 298 g/mol. The number of halogens is 1. The van der Waals surface area contributed by atoms with E-state index in [0.717, 1.165) is 10.0 Å². The lowest BCUT2D eigenvalue weighted by molar-refractivity contribution is 0.0526. The van der Waals surface area contributed by atoms with E-state index in [1.54, 1.807) is 13.8 Å². The Labute approximate surface area is 113 Å². The molecule has 0 bridgehead atoms. The van der Waals surface area contributed by atoms with Gasteiger partial charge in [-0.05, 0) is 38.1 Å². The lowest BCUT2D eigenvalue weighted by atomic mass is 10.1. The molecule has 0 radical (unpaired) electrons. The minimum Gasteiger partial charge on any atom is -0.462 e. The highest BCUT2D eigenvalue weighted by molar-refractivity contribution is 9.10. The molecule has 0 atom stereocenters. The average molecular weight is 310 g/mol. The van der Waals surface area contributed by atoms with Crippen LogP contribution in [0.15, 0.2) is 33.3 Å². The standard InChI is InChI=1S/C13H12BrNO3/c1-3-17-13(16)11-8(2)15-18-12(11)9-4-6-10(14)7-5-9/h4-7H,3H2,1-2H3. The van der Waals surface area contributed by atoms with Crippen LogP contribution in [0.5, 0.6) is 0 Å². The van der Waals surface area contributed by atoms with Gasteiger partial charge in [0, 0.05) is 10.0 Å². The summed E-state index contributed by atoms with van der Waals surface area (Å²) in [6, 6.07) is 7.46. The van der Waals surface area contributed by atoms with Crippen molar-refractivity contribution in [3.8, 4) is 11.3 Å². The Morgan fingerprint density at radius 3 is 2.67 bits per heavy atom. The number of carbonyl (C=O) groups is 1. The first-order chi connectivity index (χ1) is 8.63. The molecule has 0 fully saturated rings. The van der Waals surface area contributed by atoms with Crippen molar-refractivity contribution in [3.05, 3.63) is 40.0 Å². The second kappa shape index (κ2) is 5.35. The van der Waals surface area contributed by atoms with Crippen LogP contribution in [0.25, 0.3) is 11.3 Å². The second-order valence-corrected chi connectivity index (χ2v) is 4.62. The average Bonchev–Trinajstić information content (AvgIpc) is 2.72. The number of carbonyl (C=O) groups excluding carboxylic acids is 1. The van der Waals surface area contributed by atoms with Crippen molar-refractivity contribution in [2.45, 2.75) is 13.8 Å². The molecule has 0 aliphatic heterocycles. The van der Waals surface area contributed by atoms with Crippen molar-refractivity contribution in [2.75, 3.05) is 6.61 Å². The van der Waals surface area contributed by atoms with E-state index in [4.69, 9.17) is 9.26 Å². The first-order valence-electron chi connectivity index (χ1n) is 5.52. The number of rotatable bonds is 3. The number of nitrogens with zero attached hydrogens (tertiary/aromatic N) is 1. The van der Waals surface area contributed by atoms with Crippen molar-refractivity contribution in [1.82, 2.24) is 5.16 Å². The minimum atomic E-state index is -0.408. The van der Waals surface area contributed by atoms with Crippen LogP contribution in [0.2, 0.25) is 0 Å². The zero-order chi connectivity index (χ0) is 13.1. The SMILES string of the molecule is CCOC(=O)c1c(C)noc1-c1ccc(Br)cc1. The van der Waals surface area contributed by atoms with Crippen LogP contribution in [0, 0.1) is 6.92 Å². The molecule has 1 aromatic carbocycles. The third-order valence-electron chi connectivity index (χ3n) is 2.45. The monoisotopic (exact) mass is 309 g/mol. The van der Waals surface area contributed by atoms with Crippen molar-refractivity contribution >= 4 is 21.9 Å². The molecule has 0 amide bonds. The number of esters is 1. The van der Waals surface area contributed by atoms with Crippen LogP contribution < -0.4 is 0 Å². The highest BCUT2D eigenvalue weighted by atomic mass is 79.9. The molecule has 0 saturated heterocycles. The van der Waals surface area contributed by atoms with Gasteiger partial charge in [-0.1, -0.05) is 21.1 Å². The number of hydrogen-bond donors (Lipinski definition) is 0. The maximum absolute atomic E-state index is 11.9. The van der Waals surface area contributed by atoms with E-state index in [1.807, 2.05) is 24.3 Å². The zero-order valence-electron chi connectivity index (χ0n) is 10.1. The topological polar surface area (TPSA) is 52.3 Å². The van der Waals surface area contributed by atoms with Gasteiger partial charge in [0.25, 0.3) is 0 Å². The molecule has 0 unspecified atom stereocenters. The Morgan fingerprint density at radius 1 is 1.39 bits per heavy atom. The van der Waals surface area contributed by atoms with Gasteiger partial charge >= 0.3 is 5.97 Å². The fourth-order valence-electron chi connectivity index (χ4n) is 1.61. The molecule has 2 aromatic rings. The summed E-state index contributed by atoms with van der Waals surface area (Å²) in [6.45, 7) is 3.81. The van der Waals surface area contributed by atoms with Crippen molar-refractivity contribution in [1.29, 1.82) is 0 Å². The van der Waals surface area contributed by atoms with E-state index in [0.29, 0.717) is 23.6 Å². The van der Waals surface area contributed by atoms with Crippen LogP contribution in [-0.2, 0) is 4.74 Å². The van der Waals surface area contributed by atoms with E-state index in [-0.39, 0.29) is 0 Å². The van der Waals surface area contributed by atoms with E-state index in [9.17, 15) is 4.79 Å². The molecule has 94 valence electrons. The lowest BCUT2D eigenvalue weighted by Gasteiger charge is -2.02. The van der Waals surface area contributed by atoms with E-state index >= 15 is 0 Å². The molecular formula is C13H12BrNO3. The number of ether oxygens (including phenoxy) is 1. The van der Waals surface area contributed by atoms with Crippen LogP contribution in [0.4, 0.5) is 0 Å². The number of aryl methyl sites for hydroxylation is 1. The van der Waals surface area contributed by atoms with Gasteiger partial charge in [-0.15, -0.1) is 0 Å². The minimum absolute atomic E-state index is 0.323. The van der Waals surface area contributed by atoms with Gasteiger partial charge in [-0.2, -0.15) is 0 Å². The molecule has 0 aliphatic carbocycles. The normalized spacial score (nSPS) is 10.4. The van der Waals surface area contributed by atoms with Crippen LogP contribution in [0.1, 0.15) is 23.0 Å². The molecule has 0 aliphatic rings. The van der Waals surface area contributed by atoms with Crippen molar-refractivity contribution < 1.29 is 14.1 Å². The van der Waals surface area contributed by atoms with Gasteiger partial charge in [0.05, 0.1) is 12.3 Å². The van der Waals surface area contributed by atoms with Gasteiger partial charge in [0.15, 0.2) is 5.76 Å². The fourth-order valence-corrected chi connectivity index (χ4v) is 1.88. The summed E-state index contributed by atoms with van der Waals surface area (Å²) < 4.78 is 11.2. The summed E-state index contributed by atoms with van der Waals surface area (Å²) in [5, 5.41) is 3.83. The predicted octanol–water partition coefficient (Wildman–Crippen LogP) is 3.59. The first-order valence-corrected chi connectivity index (χ1v) is 6.32. The summed E-state index contributed by atoms with van der Waals surface area (Å²) in [6.07, 6.45) is 0. The number of benzene rings is 1. The maximum atomic E-state index is 11.9. The number of hydrogen-bond acceptors (Lipinski definition) is 4. The summed E-state index contributed by atoms with van der Waals surface area (Å²) in [5.41, 5.74) is 1.72. The lowest BCUT2D eigenvalue weighted by Crippen LogP contribution is -2.06. The van der Waals surface area contributed by atoms with Crippen molar-refractivity contribution in [2.24, 2.45) is 0 Å². The van der Waals surface area contributed by atoms with Crippen molar-refractivity contribution in [3.63, 3.8) is 0 Å². The quantitative estimate of drug-likeness (QED) is 0.813. The Bertz CT molecular complexity index is 560. The first kappa shape index (κ1) is 12.8. The smallest absolute Gasteiger partial charge is 0.344 e. The van der Waals surface area contributed by atoms with Crippen LogP contribution >= 0.6 is 15.9 Å². The Hall–Kier alpha value is -1.62.